The number of amides is 2. The van der Waals surface area contributed by atoms with E-state index in [1.807, 2.05) is 32.0 Å². The fourth-order valence-electron chi connectivity index (χ4n) is 4.05. The summed E-state index contributed by atoms with van der Waals surface area (Å²) in [5.74, 6) is -1.42. The summed E-state index contributed by atoms with van der Waals surface area (Å²) in [6.45, 7) is 5.66. The zero-order valence-electron chi connectivity index (χ0n) is 17.9. The highest BCUT2D eigenvalue weighted by Crippen LogP contribution is 2.37. The predicted octanol–water partition coefficient (Wildman–Crippen LogP) is 5.17. The number of hydrogen-bond donors (Lipinski definition) is 0. The highest BCUT2D eigenvalue weighted by Gasteiger charge is 2.41. The van der Waals surface area contributed by atoms with Gasteiger partial charge in [-0.05, 0) is 62.2 Å². The van der Waals surface area contributed by atoms with Gasteiger partial charge in [0.25, 0.3) is 11.8 Å². The number of imide groups is 1. The number of anilines is 1. The Kier molecular flexibility index (Phi) is 4.42. The number of alkyl halides is 3. The number of hydrogen-bond acceptors (Lipinski definition) is 4. The molecule has 2 aromatic heterocycles. The van der Waals surface area contributed by atoms with Crippen molar-refractivity contribution in [1.29, 1.82) is 0 Å². The quantitative estimate of drug-likeness (QED) is 0.396. The summed E-state index contributed by atoms with van der Waals surface area (Å²) in [7, 11) is 0. The Hall–Kier alpha value is -4.01. The first kappa shape index (κ1) is 20.9. The number of aromatic nitrogens is 3. The van der Waals surface area contributed by atoms with Crippen LogP contribution in [0.1, 0.15) is 43.1 Å². The fraction of sp³-hybridized carbons (Fsp3) is 0.167. The van der Waals surface area contributed by atoms with Crippen LogP contribution in [0.3, 0.4) is 0 Å². The lowest BCUT2D eigenvalue weighted by Crippen LogP contribution is -2.29. The van der Waals surface area contributed by atoms with Crippen molar-refractivity contribution in [3.05, 3.63) is 82.2 Å². The molecule has 0 saturated carbocycles. The third kappa shape index (κ3) is 3.11. The summed E-state index contributed by atoms with van der Waals surface area (Å²) in [4.78, 5) is 31.5. The summed E-state index contributed by atoms with van der Waals surface area (Å²) >= 11 is 0. The van der Waals surface area contributed by atoms with Crippen molar-refractivity contribution in [2.24, 2.45) is 0 Å². The van der Waals surface area contributed by atoms with E-state index in [0.29, 0.717) is 16.7 Å². The first-order valence-electron chi connectivity index (χ1n) is 10.1. The molecule has 2 amide bonds. The maximum atomic E-state index is 13.3. The van der Waals surface area contributed by atoms with Gasteiger partial charge in [-0.15, -0.1) is 0 Å². The minimum atomic E-state index is -4.60. The smallest absolute Gasteiger partial charge is 0.268 e. The van der Waals surface area contributed by atoms with Gasteiger partial charge in [0.1, 0.15) is 0 Å². The molecule has 33 heavy (non-hydrogen) atoms. The van der Waals surface area contributed by atoms with Crippen molar-refractivity contribution in [3.63, 3.8) is 0 Å². The van der Waals surface area contributed by atoms with Gasteiger partial charge in [0, 0.05) is 6.20 Å². The second kappa shape index (κ2) is 6.99. The Morgan fingerprint density at radius 1 is 0.879 bits per heavy atom. The molecule has 0 N–H and O–H groups in total. The number of benzene rings is 2. The Morgan fingerprint density at radius 3 is 2.33 bits per heavy atom. The van der Waals surface area contributed by atoms with Crippen molar-refractivity contribution in [1.82, 2.24) is 14.8 Å². The van der Waals surface area contributed by atoms with E-state index in [4.69, 9.17) is 0 Å². The van der Waals surface area contributed by atoms with Crippen LogP contribution in [0.4, 0.5) is 18.9 Å². The zero-order chi connectivity index (χ0) is 23.7. The van der Waals surface area contributed by atoms with E-state index in [2.05, 4.69) is 10.1 Å². The Balaban J connectivity index is 1.67. The lowest BCUT2D eigenvalue weighted by molar-refractivity contribution is -0.137. The Bertz CT molecular complexity index is 1490. The van der Waals surface area contributed by atoms with E-state index in [-0.39, 0.29) is 16.8 Å². The molecule has 0 aliphatic carbocycles. The molecule has 5 rings (SSSR count). The molecule has 6 nitrogen and oxygen atoms in total. The second-order valence-corrected chi connectivity index (χ2v) is 8.01. The minimum absolute atomic E-state index is 0.0349. The number of carbonyl (C=O) groups excluding carboxylic acids is 2. The van der Waals surface area contributed by atoms with Gasteiger partial charge in [-0.2, -0.15) is 18.3 Å². The Morgan fingerprint density at radius 2 is 1.64 bits per heavy atom. The van der Waals surface area contributed by atoms with E-state index < -0.39 is 23.6 Å². The lowest BCUT2D eigenvalue weighted by Gasteiger charge is -2.16. The summed E-state index contributed by atoms with van der Waals surface area (Å²) in [6, 6.07) is 9.91. The van der Waals surface area contributed by atoms with Crippen LogP contribution in [0.15, 0.2) is 48.7 Å². The molecule has 0 spiro atoms. The van der Waals surface area contributed by atoms with Gasteiger partial charge in [0.15, 0.2) is 5.65 Å². The first-order chi connectivity index (χ1) is 15.6. The van der Waals surface area contributed by atoms with Gasteiger partial charge in [0.2, 0.25) is 0 Å². The van der Waals surface area contributed by atoms with E-state index >= 15 is 0 Å². The third-order valence-electron chi connectivity index (χ3n) is 5.89. The lowest BCUT2D eigenvalue weighted by atomic mass is 10.1. The minimum Gasteiger partial charge on any atom is -0.268 e. The first-order valence-corrected chi connectivity index (χ1v) is 10.1. The monoisotopic (exact) mass is 450 g/mol. The largest absolute Gasteiger partial charge is 0.416 e. The van der Waals surface area contributed by atoms with Gasteiger partial charge >= 0.3 is 6.18 Å². The molecular weight excluding hydrogens is 433 g/mol. The molecule has 0 unspecified atom stereocenters. The van der Waals surface area contributed by atoms with Crippen molar-refractivity contribution in [3.8, 4) is 5.69 Å². The highest BCUT2D eigenvalue weighted by atomic mass is 19.4. The van der Waals surface area contributed by atoms with E-state index in [0.717, 1.165) is 33.8 Å². The van der Waals surface area contributed by atoms with E-state index in [1.165, 1.54) is 18.3 Å². The van der Waals surface area contributed by atoms with Crippen LogP contribution >= 0.6 is 0 Å². The Labute approximate surface area is 186 Å². The van der Waals surface area contributed by atoms with Crippen molar-refractivity contribution >= 4 is 28.5 Å². The number of carbonyl (C=O) groups is 2. The van der Waals surface area contributed by atoms with Crippen molar-refractivity contribution in [2.45, 2.75) is 26.9 Å². The average Bonchev–Trinajstić information content (AvgIpc) is 3.23. The molecule has 2 aromatic carbocycles. The zero-order valence-corrected chi connectivity index (χ0v) is 17.9. The summed E-state index contributed by atoms with van der Waals surface area (Å²) in [5.41, 5.74) is 2.82. The van der Waals surface area contributed by atoms with Gasteiger partial charge < -0.3 is 0 Å². The highest BCUT2D eigenvalue weighted by molar-refractivity contribution is 6.37. The number of pyridine rings is 1. The van der Waals surface area contributed by atoms with Crippen LogP contribution in [-0.2, 0) is 6.18 Å². The molecule has 9 heteroatoms. The fourth-order valence-corrected chi connectivity index (χ4v) is 4.05. The number of nitrogens with zero attached hydrogens (tertiary/aromatic N) is 4. The predicted molar refractivity (Wildman–Crippen MR) is 116 cm³/mol. The van der Waals surface area contributed by atoms with Crippen LogP contribution in [0, 0.1) is 20.8 Å². The van der Waals surface area contributed by atoms with Gasteiger partial charge in [-0.3, -0.25) is 9.59 Å². The number of aryl methyl sites for hydroxylation is 3. The van der Waals surface area contributed by atoms with Crippen LogP contribution in [0.25, 0.3) is 16.7 Å². The molecule has 0 fully saturated rings. The molecule has 3 heterocycles. The third-order valence-corrected chi connectivity index (χ3v) is 5.89. The molecule has 0 bridgehead atoms. The molecule has 0 radical (unpaired) electrons. The van der Waals surface area contributed by atoms with Crippen molar-refractivity contribution < 1.29 is 22.8 Å². The molecule has 1 aliphatic rings. The second-order valence-electron chi connectivity index (χ2n) is 8.01. The molecule has 4 aromatic rings. The summed E-state index contributed by atoms with van der Waals surface area (Å²) in [6.07, 6.45) is -3.32. The molecule has 0 saturated heterocycles. The van der Waals surface area contributed by atoms with Gasteiger partial charge in [-0.25, -0.2) is 14.6 Å². The molecule has 1 aliphatic heterocycles. The summed E-state index contributed by atoms with van der Waals surface area (Å²) < 4.78 is 41.1. The van der Waals surface area contributed by atoms with E-state index in [1.54, 1.807) is 11.6 Å². The standard InChI is InChI=1S/C24H17F3N4O2/c1-12-7-8-17(9-13(12)2)31-21-19(14(3)29-31)20-18(11-28-21)22(32)30(23(20)33)16-6-4-5-15(10-16)24(25,26)27/h4-11H,1-3H3. The number of rotatable bonds is 2. The van der Waals surface area contributed by atoms with Crippen LogP contribution in [0.5, 0.6) is 0 Å². The molecular formula is C24H17F3N4O2. The van der Waals surface area contributed by atoms with Gasteiger partial charge in [-0.1, -0.05) is 12.1 Å². The number of fused-ring (bicyclic) bond motifs is 3. The maximum absolute atomic E-state index is 13.3. The summed E-state index contributed by atoms with van der Waals surface area (Å²) in [5, 5.41) is 4.94. The number of halogens is 3. The average molecular weight is 450 g/mol. The topological polar surface area (TPSA) is 68.1 Å². The normalized spacial score (nSPS) is 13.8. The van der Waals surface area contributed by atoms with Crippen molar-refractivity contribution in [2.75, 3.05) is 4.90 Å². The molecule has 0 atom stereocenters. The van der Waals surface area contributed by atoms with Crippen LogP contribution < -0.4 is 4.90 Å². The van der Waals surface area contributed by atoms with Gasteiger partial charge in [0.05, 0.1) is 39.1 Å². The van der Waals surface area contributed by atoms with E-state index in [9.17, 15) is 22.8 Å². The van der Waals surface area contributed by atoms with Crippen LogP contribution in [-0.4, -0.2) is 26.6 Å². The SMILES string of the molecule is Cc1ccc(-n2nc(C)c3c4c(cnc32)C(=O)N(c2cccc(C(F)(F)F)c2)C4=O)cc1C. The maximum Gasteiger partial charge on any atom is 0.416 e. The molecule has 166 valence electrons. The van der Waals surface area contributed by atoms with Crippen LogP contribution in [0.2, 0.25) is 0 Å².